The summed E-state index contributed by atoms with van der Waals surface area (Å²) in [6.45, 7) is 0.588. The van der Waals surface area contributed by atoms with Crippen LogP contribution in [0.25, 0.3) is 21.8 Å². The van der Waals surface area contributed by atoms with E-state index in [2.05, 4.69) is 30.6 Å². The fourth-order valence-electron chi connectivity index (χ4n) is 6.68. The fourth-order valence-corrected chi connectivity index (χ4v) is 9.88. The maximum absolute atomic E-state index is 13.0. The van der Waals surface area contributed by atoms with Crippen LogP contribution < -0.4 is 53.9 Å². The molecule has 2 fully saturated rings. The Morgan fingerprint density at radius 3 is 1.52 bits per heavy atom. The van der Waals surface area contributed by atoms with Crippen LogP contribution in [0.1, 0.15) is 72.6 Å². The summed E-state index contributed by atoms with van der Waals surface area (Å²) in [4.78, 5) is 42.0. The maximum Gasteiger partial charge on any atom is 1.00 e. The fraction of sp³-hybridized carbons (Fsp3) is 0.286. The van der Waals surface area contributed by atoms with Gasteiger partial charge in [-0.25, -0.2) is 35.6 Å². The van der Waals surface area contributed by atoms with Crippen LogP contribution in [0.3, 0.4) is 0 Å². The summed E-state index contributed by atoms with van der Waals surface area (Å²) in [5, 5.41) is 29.2. The van der Waals surface area contributed by atoms with Gasteiger partial charge in [0, 0.05) is 49.3 Å². The molecule has 0 atom stereocenters. The molecule has 0 radical (unpaired) electrons. The first-order valence-electron chi connectivity index (χ1n) is 18.7. The van der Waals surface area contributed by atoms with Gasteiger partial charge in [0.15, 0.2) is 23.1 Å². The van der Waals surface area contributed by atoms with Gasteiger partial charge in [-0.05, 0) is 91.1 Å². The van der Waals surface area contributed by atoms with Crippen LogP contribution in [0.4, 0.5) is 20.4 Å². The Morgan fingerprint density at radius 1 is 0.651 bits per heavy atom. The summed E-state index contributed by atoms with van der Waals surface area (Å²) in [6.07, 6.45) is 5.25. The van der Waals surface area contributed by atoms with Crippen LogP contribution in [0.15, 0.2) is 85.2 Å². The molecule has 0 bridgehead atoms. The zero-order valence-corrected chi connectivity index (χ0v) is 36.3. The number of carbonyl (C=O) groups is 2. The summed E-state index contributed by atoms with van der Waals surface area (Å²) < 4.78 is 78.8. The van der Waals surface area contributed by atoms with Gasteiger partial charge in [-0.1, -0.05) is 39.1 Å². The van der Waals surface area contributed by atoms with E-state index in [9.17, 15) is 45.4 Å². The summed E-state index contributed by atoms with van der Waals surface area (Å²) in [5.74, 6) is -3.29. The van der Waals surface area contributed by atoms with Crippen LogP contribution >= 0.6 is 0 Å². The summed E-state index contributed by atoms with van der Waals surface area (Å²) in [5.41, 5.74) is 0.612. The Labute approximate surface area is 386 Å². The van der Waals surface area contributed by atoms with Crippen molar-refractivity contribution in [3.8, 4) is 11.5 Å². The van der Waals surface area contributed by atoms with Gasteiger partial charge in [-0.15, -0.1) is 0 Å². The van der Waals surface area contributed by atoms with E-state index in [1.165, 1.54) is 65.2 Å². The standard InChI is InChI=1S/2C20H19FN4O4S.2CH4.Na/c2*21-14-7-5-13(6-8-14)12-23-20(27)17-18(26)16-15(4-3-9-22-16)19(24-17)25-10-1-2-11-30(25,28)29;;;/h2*3-9,26H,1-2,10-12H2,(H,23,27);2*1H4;/q;;;;+1/p-1. The van der Waals surface area contributed by atoms with Crippen molar-refractivity contribution >= 4 is 65.3 Å². The van der Waals surface area contributed by atoms with Gasteiger partial charge in [0.05, 0.1) is 17.0 Å². The van der Waals surface area contributed by atoms with Gasteiger partial charge in [0.25, 0.3) is 11.8 Å². The van der Waals surface area contributed by atoms with Crippen LogP contribution in [0, 0.1) is 11.6 Å². The third-order valence-corrected chi connectivity index (χ3v) is 13.4. The number of hydrogen-bond acceptors (Lipinski definition) is 12. The molecule has 328 valence electrons. The Morgan fingerprint density at radius 2 is 1.06 bits per heavy atom. The maximum atomic E-state index is 13.0. The van der Waals surface area contributed by atoms with Crippen molar-refractivity contribution in [1.29, 1.82) is 0 Å². The molecule has 0 saturated carbocycles. The van der Waals surface area contributed by atoms with Crippen molar-refractivity contribution in [3.63, 3.8) is 0 Å². The van der Waals surface area contributed by atoms with Gasteiger partial charge in [-0.3, -0.25) is 28.2 Å². The van der Waals surface area contributed by atoms with Crippen LogP contribution in [-0.2, 0) is 33.1 Å². The second-order valence-electron chi connectivity index (χ2n) is 13.9. The Balaban J connectivity index is 0.000000264. The van der Waals surface area contributed by atoms with E-state index < -0.39 is 60.7 Å². The van der Waals surface area contributed by atoms with Crippen molar-refractivity contribution in [2.75, 3.05) is 33.2 Å². The van der Waals surface area contributed by atoms with Gasteiger partial charge < -0.3 is 20.8 Å². The number of aromatic nitrogens is 4. The van der Waals surface area contributed by atoms with E-state index in [1.807, 2.05) is 0 Å². The molecule has 2 aliphatic heterocycles. The smallest absolute Gasteiger partial charge is 0.869 e. The SMILES string of the molecule is C.C.O=C(NCc1ccc(F)cc1)c1nc(N2CCCCS2(=O)=O)c2cccnc2c1O.O=C(NCc1ccc(F)cc1)c1nc(N2CCCCS2(=O)=O)c2cccnc2c1[O-].[Na+]. The number of halogens is 2. The molecule has 0 aliphatic carbocycles. The third kappa shape index (κ3) is 11.2. The quantitative estimate of drug-likeness (QED) is 0.187. The average molecular weight is 915 g/mol. The van der Waals surface area contributed by atoms with Gasteiger partial charge in [-0.2, -0.15) is 0 Å². The first-order chi connectivity index (χ1) is 28.7. The number of aromatic hydroxyl groups is 1. The molecule has 2 amide bonds. The number of anilines is 2. The van der Waals surface area contributed by atoms with Crippen LogP contribution in [0.2, 0.25) is 0 Å². The molecule has 63 heavy (non-hydrogen) atoms. The van der Waals surface area contributed by atoms with E-state index in [4.69, 9.17) is 0 Å². The molecule has 2 aromatic carbocycles. The molecule has 0 unspecified atom stereocenters. The molecule has 8 rings (SSSR count). The number of nitrogens with one attached hydrogen (secondary N) is 2. The number of pyridine rings is 4. The summed E-state index contributed by atoms with van der Waals surface area (Å²) >= 11 is 0. The summed E-state index contributed by atoms with van der Waals surface area (Å²) in [6, 6.07) is 17.5. The van der Waals surface area contributed by atoms with Gasteiger partial charge in [0.1, 0.15) is 22.8 Å². The number of nitrogens with zero attached hydrogens (tertiary/aromatic N) is 6. The zero-order valence-electron chi connectivity index (χ0n) is 32.7. The number of carbonyl (C=O) groups excluding carboxylic acids is 2. The van der Waals surface area contributed by atoms with Crippen LogP contribution in [-0.4, -0.2) is 78.3 Å². The second kappa shape index (κ2) is 21.2. The largest absolute Gasteiger partial charge is 1.00 e. The predicted molar refractivity (Wildman–Crippen MR) is 230 cm³/mol. The Kier molecular flexibility index (Phi) is 16.9. The van der Waals surface area contributed by atoms with E-state index in [0.29, 0.717) is 42.2 Å². The average Bonchev–Trinajstić information content (AvgIpc) is 3.24. The van der Waals surface area contributed by atoms with Crippen molar-refractivity contribution in [1.82, 2.24) is 30.6 Å². The number of amides is 2. The molecule has 6 heterocycles. The van der Waals surface area contributed by atoms with E-state index >= 15 is 0 Å². The van der Waals surface area contributed by atoms with Crippen molar-refractivity contribution < 1.29 is 75.0 Å². The van der Waals surface area contributed by atoms with Crippen LogP contribution in [0.5, 0.6) is 11.5 Å². The Bertz CT molecular complexity index is 2630. The first-order valence-corrected chi connectivity index (χ1v) is 21.9. The summed E-state index contributed by atoms with van der Waals surface area (Å²) in [7, 11) is -7.20. The molecule has 2 saturated heterocycles. The minimum atomic E-state index is -3.61. The van der Waals surface area contributed by atoms with Gasteiger partial charge in [0.2, 0.25) is 20.0 Å². The molecule has 3 N–H and O–H groups in total. The van der Waals surface area contributed by atoms with Crippen molar-refractivity contribution in [2.24, 2.45) is 0 Å². The van der Waals surface area contributed by atoms with Crippen molar-refractivity contribution in [3.05, 3.63) is 119 Å². The minimum absolute atomic E-state index is 0. The normalized spacial score (nSPS) is 15.1. The number of fused-ring (bicyclic) bond motifs is 2. The molecule has 21 heteroatoms. The van der Waals surface area contributed by atoms with E-state index in [1.54, 1.807) is 24.3 Å². The molecule has 2 aliphatic rings. The molecular weight excluding hydrogens is 870 g/mol. The van der Waals surface area contributed by atoms with Crippen molar-refractivity contribution in [2.45, 2.75) is 53.6 Å². The van der Waals surface area contributed by atoms with E-state index in [0.717, 1.165) is 4.31 Å². The van der Waals surface area contributed by atoms with Gasteiger partial charge >= 0.3 is 29.6 Å². The van der Waals surface area contributed by atoms with E-state index in [-0.39, 0.29) is 116 Å². The molecule has 0 spiro atoms. The molecule has 4 aromatic heterocycles. The third-order valence-electron chi connectivity index (χ3n) is 9.75. The number of rotatable bonds is 8. The molecule has 6 aromatic rings. The zero-order chi connectivity index (χ0) is 42.6. The number of benzene rings is 2. The molecular formula is C42H45F2N8NaO8S2. The minimum Gasteiger partial charge on any atom is -0.869 e. The number of hydrogen-bond donors (Lipinski definition) is 3. The molecule has 16 nitrogen and oxygen atoms in total. The topological polar surface area (TPSA) is 228 Å². The monoisotopic (exact) mass is 914 g/mol. The first kappa shape index (κ1) is 50.1. The number of sulfonamides is 2. The Hall–Kier alpha value is -5.54. The predicted octanol–water partition coefficient (Wildman–Crippen LogP) is 2.31. The second-order valence-corrected chi connectivity index (χ2v) is 17.9.